The van der Waals surface area contributed by atoms with Crippen LogP contribution < -0.4 is 9.97 Å². The molecule has 1 aliphatic heterocycles. The van der Waals surface area contributed by atoms with E-state index in [1.54, 1.807) is 12.1 Å². The second-order valence-electron chi connectivity index (χ2n) is 8.95. The van der Waals surface area contributed by atoms with Crippen molar-refractivity contribution in [2.75, 3.05) is 13.2 Å². The van der Waals surface area contributed by atoms with E-state index in [2.05, 4.69) is 12.2 Å². The molecule has 3 rings (SSSR count). The minimum atomic E-state index is -1.24. The maximum absolute atomic E-state index is 13.0. The molecule has 1 fully saturated rings. The molecule has 31 heavy (non-hydrogen) atoms. The van der Waals surface area contributed by atoms with Crippen LogP contribution >= 0.6 is 0 Å². The van der Waals surface area contributed by atoms with Crippen LogP contribution in [0.3, 0.4) is 0 Å². The summed E-state index contributed by atoms with van der Waals surface area (Å²) in [6, 6.07) is 5.34. The van der Waals surface area contributed by atoms with Gasteiger partial charge in [0.1, 0.15) is 11.5 Å². The van der Waals surface area contributed by atoms with Gasteiger partial charge in [-0.2, -0.15) is 0 Å². The van der Waals surface area contributed by atoms with E-state index >= 15 is 0 Å². The van der Waals surface area contributed by atoms with Crippen LogP contribution in [0.5, 0.6) is 5.75 Å². The number of hydrogen-bond acceptors (Lipinski definition) is 6. The monoisotopic (exact) mass is 431 g/mol. The Hall–Kier alpha value is -1.90. The van der Waals surface area contributed by atoms with E-state index in [0.717, 1.165) is 32.2 Å². The number of carbonyl (C=O) groups is 2. The minimum Gasteiger partial charge on any atom is -0.535 e. The number of para-hydroxylation sites is 1. The third-order valence-electron chi connectivity index (χ3n) is 6.83. The third kappa shape index (κ3) is 5.87. The van der Waals surface area contributed by atoms with Gasteiger partial charge in [-0.05, 0) is 62.6 Å². The molecule has 170 valence electrons. The molecule has 8 heteroatoms. The number of nitrogens with one attached hydrogen (secondary N) is 1. The Kier molecular flexibility index (Phi) is 8.52. The summed E-state index contributed by atoms with van der Waals surface area (Å²) < 4.78 is 5.51. The quantitative estimate of drug-likeness (QED) is 0.333. The number of ketones is 1. The third-order valence-corrected chi connectivity index (χ3v) is 6.83. The normalized spacial score (nSPS) is 24.2. The molecule has 0 bridgehead atoms. The Morgan fingerprint density at radius 3 is 2.65 bits per heavy atom. The first-order chi connectivity index (χ1) is 14.9. The lowest BCUT2D eigenvalue weighted by Crippen LogP contribution is -2.40. The number of unbranched alkanes of at least 4 members (excludes halogenated alkanes) is 1. The van der Waals surface area contributed by atoms with E-state index in [0.29, 0.717) is 18.0 Å². The number of carboxylic acid groups (broad SMARTS) is 1. The van der Waals surface area contributed by atoms with Gasteiger partial charge in [-0.25, -0.2) is 4.79 Å². The standard InChI is InChI=1S/C23H34BNO6/c1-2-3-11-25-18-9-7-15(8-10-18)20(14-26)21(27)13-17-12-16-5-4-6-19(23(28)29)22(16)31-24(17)30/h4-6,15,17-18,20,25-26,30H,2-3,7-14H2,1H3,(H,28,29)/t15?,17-,18?,20?/m1/s1. The molecule has 2 atom stereocenters. The number of carbonyl (C=O) groups excluding carboxylic acids is 1. The van der Waals surface area contributed by atoms with Gasteiger partial charge in [0, 0.05) is 24.2 Å². The first kappa shape index (κ1) is 23.8. The predicted molar refractivity (Wildman–Crippen MR) is 118 cm³/mol. The molecule has 1 heterocycles. The molecule has 1 aromatic carbocycles. The summed E-state index contributed by atoms with van der Waals surface area (Å²) in [6.45, 7) is 3.02. The molecule has 1 saturated carbocycles. The average Bonchev–Trinajstić information content (AvgIpc) is 2.75. The number of hydrogen-bond donors (Lipinski definition) is 4. The lowest BCUT2D eigenvalue weighted by molar-refractivity contribution is -0.126. The fourth-order valence-electron chi connectivity index (χ4n) is 4.96. The van der Waals surface area contributed by atoms with Gasteiger partial charge in [-0.3, -0.25) is 4.79 Å². The Bertz CT molecular complexity index is 764. The summed E-state index contributed by atoms with van der Waals surface area (Å²) in [6.07, 6.45) is 6.66. The Balaban J connectivity index is 1.57. The molecule has 1 aliphatic carbocycles. The summed E-state index contributed by atoms with van der Waals surface area (Å²) >= 11 is 0. The van der Waals surface area contributed by atoms with Crippen LogP contribution in [-0.4, -0.2) is 53.3 Å². The van der Waals surface area contributed by atoms with E-state index in [4.69, 9.17) is 4.65 Å². The van der Waals surface area contributed by atoms with E-state index in [-0.39, 0.29) is 36.0 Å². The zero-order chi connectivity index (χ0) is 22.4. The number of rotatable bonds is 10. The van der Waals surface area contributed by atoms with E-state index in [1.165, 1.54) is 18.9 Å². The van der Waals surface area contributed by atoms with Gasteiger partial charge in [-0.15, -0.1) is 0 Å². The smallest absolute Gasteiger partial charge is 0.526 e. The van der Waals surface area contributed by atoms with E-state index in [9.17, 15) is 24.8 Å². The topological polar surface area (TPSA) is 116 Å². The van der Waals surface area contributed by atoms with Gasteiger partial charge in [0.05, 0.1) is 12.2 Å². The zero-order valence-corrected chi connectivity index (χ0v) is 18.3. The summed E-state index contributed by atoms with van der Waals surface area (Å²) in [5, 5.41) is 33.3. The van der Waals surface area contributed by atoms with Gasteiger partial charge in [0.15, 0.2) is 0 Å². The van der Waals surface area contributed by atoms with E-state index < -0.39 is 24.8 Å². The molecule has 2 aliphatic rings. The highest BCUT2D eigenvalue weighted by molar-refractivity contribution is 6.47. The summed E-state index contributed by atoms with van der Waals surface area (Å²) in [5.74, 6) is -1.69. The van der Waals surface area contributed by atoms with Crippen molar-refractivity contribution >= 4 is 18.9 Å². The summed E-state index contributed by atoms with van der Waals surface area (Å²) in [7, 11) is -1.24. The van der Waals surface area contributed by atoms with Gasteiger partial charge in [0.2, 0.25) is 0 Å². The number of aromatic carboxylic acids is 1. The molecule has 1 unspecified atom stereocenters. The first-order valence-electron chi connectivity index (χ1n) is 11.5. The van der Waals surface area contributed by atoms with Crippen LogP contribution in [0.1, 0.15) is 67.8 Å². The highest BCUT2D eigenvalue weighted by Gasteiger charge is 2.40. The van der Waals surface area contributed by atoms with E-state index in [1.807, 2.05) is 0 Å². The minimum absolute atomic E-state index is 0.0128. The molecular formula is C23H34BNO6. The molecule has 1 aromatic rings. The molecule has 4 N–H and O–H groups in total. The van der Waals surface area contributed by atoms with Crippen LogP contribution in [0.25, 0.3) is 0 Å². The van der Waals surface area contributed by atoms with Crippen molar-refractivity contribution in [1.29, 1.82) is 0 Å². The van der Waals surface area contributed by atoms with Crippen molar-refractivity contribution in [2.24, 2.45) is 11.8 Å². The molecule has 0 amide bonds. The van der Waals surface area contributed by atoms with Crippen molar-refractivity contribution in [3.05, 3.63) is 29.3 Å². The van der Waals surface area contributed by atoms with Gasteiger partial charge in [-0.1, -0.05) is 25.5 Å². The summed E-state index contributed by atoms with van der Waals surface area (Å²) in [4.78, 5) is 24.4. The molecule has 0 spiro atoms. The predicted octanol–water partition coefficient (Wildman–Crippen LogP) is 2.69. The lowest BCUT2D eigenvalue weighted by Gasteiger charge is -2.34. The Labute approximate surface area is 184 Å². The fraction of sp³-hybridized carbons (Fsp3) is 0.652. The first-order valence-corrected chi connectivity index (χ1v) is 11.5. The second kappa shape index (κ2) is 11.1. The number of aliphatic hydroxyl groups excluding tert-OH is 1. The number of Topliss-reactive ketones (excluding diaryl/α,β-unsaturated/α-hetero) is 1. The van der Waals surface area contributed by atoms with Crippen molar-refractivity contribution in [2.45, 2.75) is 70.1 Å². The van der Waals surface area contributed by atoms with Crippen molar-refractivity contribution in [1.82, 2.24) is 5.32 Å². The lowest BCUT2D eigenvalue weighted by atomic mass is 9.63. The summed E-state index contributed by atoms with van der Waals surface area (Å²) in [5.41, 5.74) is 0.695. The van der Waals surface area contributed by atoms with Crippen molar-refractivity contribution in [3.63, 3.8) is 0 Å². The average molecular weight is 431 g/mol. The number of benzene rings is 1. The number of fused-ring (bicyclic) bond motifs is 1. The Morgan fingerprint density at radius 1 is 1.26 bits per heavy atom. The zero-order valence-electron chi connectivity index (χ0n) is 18.3. The number of carboxylic acids is 1. The van der Waals surface area contributed by atoms with Crippen LogP contribution in [0, 0.1) is 11.8 Å². The highest BCUT2D eigenvalue weighted by atomic mass is 16.5. The van der Waals surface area contributed by atoms with Crippen LogP contribution in [0.4, 0.5) is 0 Å². The van der Waals surface area contributed by atoms with Crippen LogP contribution in [0.15, 0.2) is 18.2 Å². The molecule has 7 nitrogen and oxygen atoms in total. The SMILES string of the molecule is CCCCNC1CCC(C(CO)C(=O)C[C@H]2Cc3cccc(C(=O)O)c3OB2O)CC1. The van der Waals surface area contributed by atoms with Gasteiger partial charge < -0.3 is 25.2 Å². The maximum Gasteiger partial charge on any atom is 0.526 e. The molecule has 0 radical (unpaired) electrons. The molecular weight excluding hydrogens is 397 g/mol. The van der Waals surface area contributed by atoms with Crippen LogP contribution in [0.2, 0.25) is 5.82 Å². The molecule has 0 saturated heterocycles. The van der Waals surface area contributed by atoms with Gasteiger partial charge in [0.25, 0.3) is 0 Å². The fourth-order valence-corrected chi connectivity index (χ4v) is 4.96. The largest absolute Gasteiger partial charge is 0.535 e. The van der Waals surface area contributed by atoms with Crippen molar-refractivity contribution < 1.29 is 29.5 Å². The van der Waals surface area contributed by atoms with Gasteiger partial charge >= 0.3 is 13.1 Å². The number of aliphatic hydroxyl groups is 1. The van der Waals surface area contributed by atoms with Crippen LogP contribution in [-0.2, 0) is 11.2 Å². The van der Waals surface area contributed by atoms with Crippen molar-refractivity contribution in [3.8, 4) is 5.75 Å². The Morgan fingerprint density at radius 2 is 2.00 bits per heavy atom. The molecule has 0 aromatic heterocycles. The maximum atomic E-state index is 13.0. The highest BCUT2D eigenvalue weighted by Crippen LogP contribution is 2.38. The second-order valence-corrected chi connectivity index (χ2v) is 8.95.